The van der Waals surface area contributed by atoms with Gasteiger partial charge in [0.2, 0.25) is 0 Å². The van der Waals surface area contributed by atoms with Crippen LogP contribution in [0, 0.1) is 0 Å². The van der Waals surface area contributed by atoms with Gasteiger partial charge in [-0.2, -0.15) is 0 Å². The van der Waals surface area contributed by atoms with Gasteiger partial charge in [-0.25, -0.2) is 0 Å². The fourth-order valence-corrected chi connectivity index (χ4v) is 8.12. The third kappa shape index (κ3) is 4.22. The molecule has 0 radical (unpaired) electrons. The molecule has 0 heterocycles. The molecule has 0 fully saturated rings. The lowest BCUT2D eigenvalue weighted by Gasteiger charge is -2.27. The van der Waals surface area contributed by atoms with Gasteiger partial charge in [-0.15, -0.1) is 0 Å². The number of halogens is 1. The number of allylic oxidation sites excluding steroid dienone is 1. The molecule has 0 saturated carbocycles. The number of rotatable bonds is 7. The number of unbranched alkanes of at least 4 members (excludes halogenated alkanes) is 1. The Morgan fingerprint density at radius 1 is 0.640 bits per heavy atom. The molecule has 0 aliphatic rings. The van der Waals surface area contributed by atoms with E-state index in [1.54, 1.807) is 0 Å². The molecule has 0 aromatic heterocycles. The maximum atomic E-state index is 2.32. The van der Waals surface area contributed by atoms with Gasteiger partial charge in [-0.05, 0) is 53.3 Å². The van der Waals surface area contributed by atoms with E-state index in [9.17, 15) is 0 Å². The summed E-state index contributed by atoms with van der Waals surface area (Å²) in [4.78, 5) is 0. The van der Waals surface area contributed by atoms with Crippen molar-refractivity contribution >= 4 is 45.8 Å². The van der Waals surface area contributed by atoms with Crippen LogP contribution in [0.3, 0.4) is 0 Å². The zero-order valence-corrected chi connectivity index (χ0v) is 17.3. The molecule has 0 bridgehead atoms. The van der Waals surface area contributed by atoms with Crippen LogP contribution in [-0.2, 0) is 0 Å². The van der Waals surface area contributed by atoms with Crippen LogP contribution in [0.15, 0.2) is 101 Å². The third-order valence-corrected chi connectivity index (χ3v) is 9.58. The van der Waals surface area contributed by atoms with Crippen LogP contribution in [0.1, 0.15) is 12.8 Å². The minimum absolute atomic E-state index is 1.14. The van der Waals surface area contributed by atoms with Gasteiger partial charge in [0.05, 0.1) is 6.16 Å². The van der Waals surface area contributed by atoms with Crippen LogP contribution in [0.5, 0.6) is 0 Å². The molecule has 0 N–H and O–H groups in total. The van der Waals surface area contributed by atoms with Gasteiger partial charge in [-0.1, -0.05) is 83.3 Å². The highest BCUT2D eigenvalue weighted by Gasteiger charge is 2.44. The third-order valence-electron chi connectivity index (χ3n) is 4.54. The van der Waals surface area contributed by atoms with E-state index in [2.05, 4.69) is 124 Å². The Balaban J connectivity index is 2.16. The van der Waals surface area contributed by atoms with Crippen LogP contribution in [-0.4, -0.2) is 6.16 Å². The van der Waals surface area contributed by atoms with Gasteiger partial charge in [0.1, 0.15) is 23.2 Å². The minimum Gasteiger partial charge on any atom is -0.0783 e. The van der Waals surface area contributed by atoms with E-state index in [0.29, 0.717) is 0 Å². The smallest absolute Gasteiger partial charge is 0.0783 e. The lowest BCUT2D eigenvalue weighted by molar-refractivity contribution is 0.967. The van der Waals surface area contributed by atoms with Crippen LogP contribution in [0.2, 0.25) is 0 Å². The van der Waals surface area contributed by atoms with Gasteiger partial charge in [-0.3, -0.25) is 0 Å². The van der Waals surface area contributed by atoms with Crippen molar-refractivity contribution in [2.24, 2.45) is 0 Å². The predicted molar refractivity (Wildman–Crippen MR) is 122 cm³/mol. The molecule has 3 aromatic carbocycles. The molecule has 0 nitrogen and oxygen atoms in total. The zero-order valence-electron chi connectivity index (χ0n) is 14.3. The number of hydrogen-bond donors (Lipinski definition) is 0. The topological polar surface area (TPSA) is 0 Å². The SMILES string of the molecule is [123I]/C=C/CCC[P+](c1ccccc1)(c1ccccc1)c1ccccc1. The predicted octanol–water partition coefficient (Wildman–Crippen LogP) is 5.71. The van der Waals surface area contributed by atoms with Crippen molar-refractivity contribution in [2.75, 3.05) is 6.16 Å². The highest BCUT2D eigenvalue weighted by molar-refractivity contribution is 14.1. The van der Waals surface area contributed by atoms with Crippen LogP contribution < -0.4 is 15.9 Å². The summed E-state index contributed by atoms with van der Waals surface area (Å²) in [7, 11) is -1.63. The maximum Gasteiger partial charge on any atom is 0.112 e. The first kappa shape index (κ1) is 18.4. The molecule has 0 aliphatic carbocycles. The molecular weight excluding hydrogens is 430 g/mol. The lowest BCUT2D eigenvalue weighted by Crippen LogP contribution is -2.33. The molecule has 2 heteroatoms. The Hall–Kier alpha value is -1.44. The van der Waals surface area contributed by atoms with Crippen molar-refractivity contribution in [3.8, 4) is 0 Å². The number of benzene rings is 3. The lowest BCUT2D eigenvalue weighted by atomic mass is 10.3. The highest BCUT2D eigenvalue weighted by Crippen LogP contribution is 2.55. The van der Waals surface area contributed by atoms with Crippen LogP contribution >= 0.6 is 29.9 Å². The zero-order chi connectivity index (χ0) is 17.4. The van der Waals surface area contributed by atoms with Crippen molar-refractivity contribution in [3.05, 3.63) is 101 Å². The molecule has 25 heavy (non-hydrogen) atoms. The first-order valence-corrected chi connectivity index (χ1v) is 11.9. The summed E-state index contributed by atoms with van der Waals surface area (Å²) in [5.41, 5.74) is 0. The summed E-state index contributed by atoms with van der Waals surface area (Å²) in [6.07, 6.45) is 5.81. The maximum absolute atomic E-state index is 2.32. The molecule has 0 saturated heterocycles. The summed E-state index contributed by atoms with van der Waals surface area (Å²) in [5, 5.41) is 4.43. The molecule has 3 aromatic rings. The Morgan fingerprint density at radius 2 is 1.04 bits per heavy atom. The Kier molecular flexibility index (Phi) is 6.84. The van der Waals surface area contributed by atoms with Gasteiger partial charge in [0.25, 0.3) is 0 Å². The summed E-state index contributed by atoms with van der Waals surface area (Å²) in [6.45, 7) is 0. The molecule has 0 aliphatic heterocycles. The molecule has 126 valence electrons. The molecule has 3 rings (SSSR count). The van der Waals surface area contributed by atoms with Crippen molar-refractivity contribution < 1.29 is 0 Å². The molecular formula is C23H23IP+. The Labute approximate surface area is 165 Å². The van der Waals surface area contributed by atoms with E-state index in [-0.39, 0.29) is 0 Å². The van der Waals surface area contributed by atoms with Crippen molar-refractivity contribution in [1.82, 2.24) is 0 Å². The van der Waals surface area contributed by atoms with E-state index in [4.69, 9.17) is 0 Å². The second-order valence-electron chi connectivity index (χ2n) is 6.04. The van der Waals surface area contributed by atoms with Crippen molar-refractivity contribution in [1.29, 1.82) is 0 Å². The van der Waals surface area contributed by atoms with Gasteiger partial charge >= 0.3 is 0 Å². The van der Waals surface area contributed by atoms with Crippen LogP contribution in [0.4, 0.5) is 0 Å². The molecule has 0 atom stereocenters. The minimum atomic E-state index is -1.63. The largest absolute Gasteiger partial charge is 0.112 e. The van der Waals surface area contributed by atoms with Gasteiger partial charge < -0.3 is 0 Å². The standard InChI is InChI=1S/C23H23IP/c24-19-11-4-12-20-25(21-13-5-1-6-14-21,22-15-7-2-8-16-22)23-17-9-3-10-18-23/h1-3,5-11,13-19H,4,12,20H2/q+1/b19-11+/i24-4. The van der Waals surface area contributed by atoms with E-state index in [0.717, 1.165) is 6.42 Å². The summed E-state index contributed by atoms with van der Waals surface area (Å²) in [5.74, 6) is 0. The normalized spacial score (nSPS) is 11.7. The van der Waals surface area contributed by atoms with Gasteiger partial charge in [0, 0.05) is 0 Å². The van der Waals surface area contributed by atoms with E-state index in [1.807, 2.05) is 0 Å². The summed E-state index contributed by atoms with van der Waals surface area (Å²) < 4.78 is 2.13. The van der Waals surface area contributed by atoms with E-state index in [1.165, 1.54) is 28.5 Å². The molecule has 0 spiro atoms. The first-order chi connectivity index (χ1) is 12.4. The monoisotopic (exact) mass is 453 g/mol. The van der Waals surface area contributed by atoms with Gasteiger partial charge in [0.15, 0.2) is 0 Å². The van der Waals surface area contributed by atoms with Crippen LogP contribution in [0.25, 0.3) is 0 Å². The summed E-state index contributed by atoms with van der Waals surface area (Å²) in [6, 6.07) is 33.4. The summed E-state index contributed by atoms with van der Waals surface area (Å²) >= 11 is 2.31. The van der Waals surface area contributed by atoms with Crippen molar-refractivity contribution in [3.63, 3.8) is 0 Å². The average molecular weight is 453 g/mol. The Morgan fingerprint density at radius 3 is 1.40 bits per heavy atom. The average Bonchev–Trinajstić information content (AvgIpc) is 2.70. The fraction of sp³-hybridized carbons (Fsp3) is 0.130. The van der Waals surface area contributed by atoms with E-state index < -0.39 is 7.26 Å². The first-order valence-electron chi connectivity index (χ1n) is 8.68. The second-order valence-corrected chi connectivity index (χ2v) is 10.4. The van der Waals surface area contributed by atoms with Crippen molar-refractivity contribution in [2.45, 2.75) is 12.8 Å². The highest BCUT2D eigenvalue weighted by atomic mass is 123. The number of hydrogen-bond acceptors (Lipinski definition) is 0. The molecule has 0 unspecified atom stereocenters. The van der Waals surface area contributed by atoms with E-state index >= 15 is 0 Å². The quantitative estimate of drug-likeness (QED) is 0.244. The fourth-order valence-electron chi connectivity index (χ4n) is 3.39. The second kappa shape index (κ2) is 9.31. The molecule has 0 amide bonds. The Bertz CT molecular complexity index is 685.